The van der Waals surface area contributed by atoms with E-state index in [2.05, 4.69) is 28.7 Å². The molecule has 0 aromatic carbocycles. The van der Waals surface area contributed by atoms with Crippen LogP contribution in [0.15, 0.2) is 36.8 Å². The van der Waals surface area contributed by atoms with Gasteiger partial charge in [-0.1, -0.05) is 19.9 Å². The molecule has 0 bridgehead atoms. The third kappa shape index (κ3) is 4.05. The van der Waals surface area contributed by atoms with Crippen LogP contribution in [-0.4, -0.2) is 15.8 Å². The first-order chi connectivity index (χ1) is 11.3. The van der Waals surface area contributed by atoms with Crippen LogP contribution in [0.3, 0.4) is 0 Å². The van der Waals surface area contributed by atoms with E-state index in [4.69, 9.17) is 6.57 Å². The number of ketones is 1. The van der Waals surface area contributed by atoms with E-state index in [1.165, 1.54) is 6.20 Å². The minimum atomic E-state index is -0.593. The van der Waals surface area contributed by atoms with Crippen molar-refractivity contribution < 1.29 is 4.79 Å². The summed E-state index contributed by atoms with van der Waals surface area (Å²) in [5, 5.41) is 0. The Labute approximate surface area is 143 Å². The average molecular weight is 321 g/mol. The molecule has 24 heavy (non-hydrogen) atoms. The molecule has 2 aromatic rings. The SMILES string of the molecule is [C-]#[N+]c1cncc(-c2ccc(C(C)(C)C(=O)CCC(C)C)nc2)c1. The minimum absolute atomic E-state index is 0.216. The number of pyridine rings is 2. The third-order valence-corrected chi connectivity index (χ3v) is 4.24. The molecule has 2 heterocycles. The molecule has 2 aromatic heterocycles. The number of hydrogen-bond donors (Lipinski definition) is 0. The lowest BCUT2D eigenvalue weighted by molar-refractivity contribution is -0.123. The summed E-state index contributed by atoms with van der Waals surface area (Å²) < 4.78 is 0. The number of nitrogens with zero attached hydrogens (tertiary/aromatic N) is 3. The van der Waals surface area contributed by atoms with E-state index in [1.54, 1.807) is 18.5 Å². The molecule has 0 fully saturated rings. The van der Waals surface area contributed by atoms with Crippen molar-refractivity contribution in [3.05, 3.63) is 53.9 Å². The van der Waals surface area contributed by atoms with Crippen molar-refractivity contribution in [2.75, 3.05) is 0 Å². The molecule has 0 amide bonds. The van der Waals surface area contributed by atoms with Crippen LogP contribution in [0.5, 0.6) is 0 Å². The molecule has 0 saturated carbocycles. The molecule has 0 aliphatic heterocycles. The lowest BCUT2D eigenvalue weighted by Crippen LogP contribution is -2.30. The van der Waals surface area contributed by atoms with Crippen LogP contribution in [0, 0.1) is 12.5 Å². The molecule has 2 rings (SSSR count). The maximum absolute atomic E-state index is 12.5. The summed E-state index contributed by atoms with van der Waals surface area (Å²) in [6, 6.07) is 5.62. The van der Waals surface area contributed by atoms with Crippen molar-refractivity contribution in [1.29, 1.82) is 0 Å². The monoisotopic (exact) mass is 321 g/mol. The summed E-state index contributed by atoms with van der Waals surface area (Å²) in [5.41, 5.74) is 2.42. The van der Waals surface area contributed by atoms with Crippen molar-refractivity contribution in [3.63, 3.8) is 0 Å². The van der Waals surface area contributed by atoms with Gasteiger partial charge in [-0.15, -0.1) is 0 Å². The lowest BCUT2D eigenvalue weighted by Gasteiger charge is -2.23. The number of hydrogen-bond acceptors (Lipinski definition) is 3. The van der Waals surface area contributed by atoms with Gasteiger partial charge in [0.1, 0.15) is 5.78 Å². The van der Waals surface area contributed by atoms with Crippen molar-refractivity contribution in [2.45, 2.75) is 46.0 Å². The van der Waals surface area contributed by atoms with E-state index in [1.807, 2.05) is 26.0 Å². The Morgan fingerprint density at radius 2 is 1.96 bits per heavy atom. The molecule has 0 atom stereocenters. The van der Waals surface area contributed by atoms with Crippen LogP contribution in [0.25, 0.3) is 16.0 Å². The fraction of sp³-hybridized carbons (Fsp3) is 0.400. The standard InChI is InChI=1S/C20H23N3O/c1-14(2)6-9-19(24)20(3,4)18-8-7-15(12-23-18)16-10-17(21-5)13-22-11-16/h7-8,10-14H,6,9H2,1-4H3. The summed E-state index contributed by atoms with van der Waals surface area (Å²) >= 11 is 0. The van der Waals surface area contributed by atoms with E-state index in [9.17, 15) is 4.79 Å². The Balaban J connectivity index is 2.21. The number of rotatable bonds is 6. The van der Waals surface area contributed by atoms with E-state index >= 15 is 0 Å². The molecule has 4 heteroatoms. The second-order valence-electron chi connectivity index (χ2n) is 6.96. The van der Waals surface area contributed by atoms with E-state index < -0.39 is 5.41 Å². The summed E-state index contributed by atoms with van der Waals surface area (Å²) in [7, 11) is 0. The van der Waals surface area contributed by atoms with Gasteiger partial charge in [-0.3, -0.25) is 14.8 Å². The Bertz CT molecular complexity index is 755. The van der Waals surface area contributed by atoms with Crippen molar-refractivity contribution >= 4 is 11.5 Å². The van der Waals surface area contributed by atoms with E-state index in [0.717, 1.165) is 23.2 Å². The molecule has 0 saturated heterocycles. The Kier molecular flexibility index (Phi) is 5.46. The minimum Gasteiger partial charge on any atom is -0.299 e. The van der Waals surface area contributed by atoms with Crippen LogP contribution in [0.2, 0.25) is 0 Å². The van der Waals surface area contributed by atoms with Crippen molar-refractivity contribution in [3.8, 4) is 11.1 Å². The Hall–Kier alpha value is -2.54. The Morgan fingerprint density at radius 3 is 2.54 bits per heavy atom. The van der Waals surface area contributed by atoms with Gasteiger partial charge in [-0.2, -0.15) is 0 Å². The molecule has 0 aliphatic rings. The summed E-state index contributed by atoms with van der Waals surface area (Å²) in [4.78, 5) is 24.5. The van der Waals surface area contributed by atoms with Crippen LogP contribution in [-0.2, 0) is 10.2 Å². The number of aromatic nitrogens is 2. The zero-order valence-electron chi connectivity index (χ0n) is 14.7. The number of carbonyl (C=O) groups excluding carboxylic acids is 1. The molecular formula is C20H23N3O. The van der Waals surface area contributed by atoms with E-state index in [0.29, 0.717) is 18.0 Å². The van der Waals surface area contributed by atoms with Crippen LogP contribution >= 0.6 is 0 Å². The van der Waals surface area contributed by atoms with Crippen molar-refractivity contribution in [2.24, 2.45) is 5.92 Å². The maximum Gasteiger partial charge on any atom is 0.205 e. The fourth-order valence-electron chi connectivity index (χ4n) is 2.46. The molecule has 124 valence electrons. The van der Waals surface area contributed by atoms with Gasteiger partial charge >= 0.3 is 0 Å². The first-order valence-corrected chi connectivity index (χ1v) is 8.17. The van der Waals surface area contributed by atoms with Gasteiger partial charge in [0.05, 0.1) is 17.7 Å². The molecule has 0 aliphatic carbocycles. The second kappa shape index (κ2) is 7.35. The van der Waals surface area contributed by atoms with Crippen molar-refractivity contribution in [1.82, 2.24) is 9.97 Å². The van der Waals surface area contributed by atoms with Gasteiger partial charge in [-0.25, -0.2) is 4.85 Å². The summed E-state index contributed by atoms with van der Waals surface area (Å²) in [6.07, 6.45) is 6.47. The topological polar surface area (TPSA) is 47.2 Å². The van der Waals surface area contributed by atoms with Gasteiger partial charge < -0.3 is 0 Å². The highest BCUT2D eigenvalue weighted by molar-refractivity contribution is 5.88. The summed E-state index contributed by atoms with van der Waals surface area (Å²) in [6.45, 7) is 15.2. The van der Waals surface area contributed by atoms with Crippen LogP contribution < -0.4 is 0 Å². The molecule has 0 radical (unpaired) electrons. The zero-order chi connectivity index (χ0) is 17.7. The normalized spacial score (nSPS) is 11.3. The average Bonchev–Trinajstić information content (AvgIpc) is 2.59. The fourth-order valence-corrected chi connectivity index (χ4v) is 2.46. The molecule has 4 nitrogen and oxygen atoms in total. The first kappa shape index (κ1) is 17.8. The molecular weight excluding hydrogens is 298 g/mol. The molecule has 0 N–H and O–H groups in total. The van der Waals surface area contributed by atoms with Crippen LogP contribution in [0.1, 0.15) is 46.2 Å². The van der Waals surface area contributed by atoms with Gasteiger partial charge in [0, 0.05) is 30.6 Å². The lowest BCUT2D eigenvalue weighted by atomic mass is 9.81. The third-order valence-electron chi connectivity index (χ3n) is 4.24. The highest BCUT2D eigenvalue weighted by atomic mass is 16.1. The van der Waals surface area contributed by atoms with Gasteiger partial charge in [-0.05, 0) is 43.9 Å². The predicted molar refractivity (Wildman–Crippen MR) is 95.8 cm³/mol. The summed E-state index contributed by atoms with van der Waals surface area (Å²) in [5.74, 6) is 0.732. The number of Topliss-reactive ketones (excluding diaryl/α,β-unsaturated/α-hetero) is 1. The highest BCUT2D eigenvalue weighted by Gasteiger charge is 2.30. The van der Waals surface area contributed by atoms with Gasteiger partial charge in [0.15, 0.2) is 0 Å². The van der Waals surface area contributed by atoms with Gasteiger partial charge in [0.25, 0.3) is 0 Å². The highest BCUT2D eigenvalue weighted by Crippen LogP contribution is 2.28. The Morgan fingerprint density at radius 1 is 1.21 bits per heavy atom. The molecule has 0 unspecified atom stereocenters. The van der Waals surface area contributed by atoms with E-state index in [-0.39, 0.29) is 5.78 Å². The number of carbonyl (C=O) groups is 1. The maximum atomic E-state index is 12.5. The largest absolute Gasteiger partial charge is 0.299 e. The second-order valence-corrected chi connectivity index (χ2v) is 6.96. The first-order valence-electron chi connectivity index (χ1n) is 8.17. The molecule has 0 spiro atoms. The quantitative estimate of drug-likeness (QED) is 0.705. The smallest absolute Gasteiger partial charge is 0.205 e. The van der Waals surface area contributed by atoms with Gasteiger partial charge in [0.2, 0.25) is 5.69 Å². The van der Waals surface area contributed by atoms with Crippen LogP contribution in [0.4, 0.5) is 5.69 Å². The zero-order valence-corrected chi connectivity index (χ0v) is 14.7. The predicted octanol–water partition coefficient (Wildman–Crippen LogP) is 4.98.